The number of halogens is 1. The van der Waals surface area contributed by atoms with E-state index < -0.39 is 0 Å². The molecule has 0 radical (unpaired) electrons. The van der Waals surface area contributed by atoms with Crippen molar-refractivity contribution in [3.05, 3.63) is 22.3 Å². The monoisotopic (exact) mass is 189 g/mol. The summed E-state index contributed by atoms with van der Waals surface area (Å²) in [5.41, 5.74) is 1.16. The van der Waals surface area contributed by atoms with Crippen LogP contribution in [0, 0.1) is 0 Å². The molecule has 0 saturated carbocycles. The SMILES string of the molecule is CN/C(C)=C\C=C(/C)Br. The Kier molecular flexibility index (Phi) is 4.50. The molecule has 0 aliphatic rings. The Bertz CT molecular complexity index is 132. The van der Waals surface area contributed by atoms with Crippen LogP contribution in [-0.2, 0) is 0 Å². The molecule has 0 spiro atoms. The Morgan fingerprint density at radius 3 is 2.22 bits per heavy atom. The highest BCUT2D eigenvalue weighted by atomic mass is 79.9. The van der Waals surface area contributed by atoms with Crippen LogP contribution in [0.15, 0.2) is 22.3 Å². The second kappa shape index (κ2) is 4.62. The summed E-state index contributed by atoms with van der Waals surface area (Å²) in [6.45, 7) is 4.02. The Morgan fingerprint density at radius 2 is 1.89 bits per heavy atom. The molecular weight excluding hydrogens is 178 g/mol. The molecule has 0 heterocycles. The van der Waals surface area contributed by atoms with Gasteiger partial charge in [-0.1, -0.05) is 22.0 Å². The van der Waals surface area contributed by atoms with E-state index in [1.807, 2.05) is 33.0 Å². The fourth-order valence-corrected chi connectivity index (χ4v) is 0.455. The lowest BCUT2D eigenvalue weighted by atomic mass is 10.4. The van der Waals surface area contributed by atoms with E-state index in [4.69, 9.17) is 0 Å². The topological polar surface area (TPSA) is 12.0 Å². The van der Waals surface area contributed by atoms with Crippen molar-refractivity contribution in [1.82, 2.24) is 5.32 Å². The van der Waals surface area contributed by atoms with E-state index in [1.54, 1.807) is 0 Å². The highest BCUT2D eigenvalue weighted by molar-refractivity contribution is 9.11. The first-order valence-electron chi connectivity index (χ1n) is 2.85. The Labute approximate surface area is 65.0 Å². The number of nitrogens with one attached hydrogen (secondary N) is 1. The smallest absolute Gasteiger partial charge is 0.00727 e. The van der Waals surface area contributed by atoms with Gasteiger partial charge in [0.1, 0.15) is 0 Å². The van der Waals surface area contributed by atoms with E-state index in [2.05, 4.69) is 21.2 Å². The van der Waals surface area contributed by atoms with Crippen LogP contribution in [0.2, 0.25) is 0 Å². The second-order valence-corrected chi connectivity index (χ2v) is 3.10. The first kappa shape index (κ1) is 8.76. The molecule has 0 aliphatic carbocycles. The van der Waals surface area contributed by atoms with Crippen LogP contribution in [0.1, 0.15) is 13.8 Å². The van der Waals surface area contributed by atoms with Crippen LogP contribution in [0.4, 0.5) is 0 Å². The quantitative estimate of drug-likeness (QED) is 0.659. The van der Waals surface area contributed by atoms with Gasteiger partial charge in [0.2, 0.25) is 0 Å². The second-order valence-electron chi connectivity index (χ2n) is 1.85. The molecule has 0 aromatic rings. The van der Waals surface area contributed by atoms with Crippen molar-refractivity contribution in [1.29, 1.82) is 0 Å². The zero-order chi connectivity index (χ0) is 7.28. The maximum atomic E-state index is 3.32. The lowest BCUT2D eigenvalue weighted by Gasteiger charge is -1.93. The maximum absolute atomic E-state index is 3.32. The maximum Gasteiger partial charge on any atom is 0.00727 e. The van der Waals surface area contributed by atoms with Crippen LogP contribution in [0.3, 0.4) is 0 Å². The predicted molar refractivity (Wildman–Crippen MR) is 45.5 cm³/mol. The normalized spacial score (nSPS) is 13.8. The molecule has 0 amide bonds. The van der Waals surface area contributed by atoms with Crippen molar-refractivity contribution < 1.29 is 0 Å². The molecule has 0 fully saturated rings. The van der Waals surface area contributed by atoms with E-state index in [1.165, 1.54) is 0 Å². The zero-order valence-corrected chi connectivity index (χ0v) is 7.62. The molecule has 52 valence electrons. The van der Waals surface area contributed by atoms with Gasteiger partial charge in [0.15, 0.2) is 0 Å². The average Bonchev–Trinajstić information content (AvgIpc) is 1.83. The van der Waals surface area contributed by atoms with E-state index in [-0.39, 0.29) is 0 Å². The molecule has 0 bridgehead atoms. The van der Waals surface area contributed by atoms with E-state index in [9.17, 15) is 0 Å². The first-order valence-corrected chi connectivity index (χ1v) is 3.64. The van der Waals surface area contributed by atoms with E-state index >= 15 is 0 Å². The standard InChI is InChI=1S/C7H12BrN/c1-6(8)4-5-7(2)9-3/h4-5,9H,1-3H3/b6-4+,7-5-. The van der Waals surface area contributed by atoms with Crippen LogP contribution in [-0.4, -0.2) is 7.05 Å². The van der Waals surface area contributed by atoms with Crippen LogP contribution in [0.25, 0.3) is 0 Å². The third kappa shape index (κ3) is 5.63. The highest BCUT2D eigenvalue weighted by Crippen LogP contribution is 2.02. The van der Waals surface area contributed by atoms with Crippen LogP contribution < -0.4 is 5.32 Å². The number of allylic oxidation sites excluding steroid dienone is 4. The van der Waals surface area contributed by atoms with Crippen molar-refractivity contribution >= 4 is 15.9 Å². The molecule has 0 aromatic heterocycles. The number of hydrogen-bond acceptors (Lipinski definition) is 1. The minimum Gasteiger partial charge on any atom is -0.392 e. The van der Waals surface area contributed by atoms with Gasteiger partial charge in [0.25, 0.3) is 0 Å². The van der Waals surface area contributed by atoms with Gasteiger partial charge < -0.3 is 5.32 Å². The molecule has 2 heteroatoms. The molecule has 0 aromatic carbocycles. The van der Waals surface area contributed by atoms with Gasteiger partial charge in [-0.2, -0.15) is 0 Å². The predicted octanol–water partition coefficient (Wildman–Crippen LogP) is 2.41. The molecule has 0 unspecified atom stereocenters. The number of hydrogen-bond donors (Lipinski definition) is 1. The van der Waals surface area contributed by atoms with E-state index in [0.29, 0.717) is 0 Å². The van der Waals surface area contributed by atoms with Gasteiger partial charge >= 0.3 is 0 Å². The molecular formula is C7H12BrN. The number of rotatable bonds is 2. The largest absolute Gasteiger partial charge is 0.392 e. The highest BCUT2D eigenvalue weighted by Gasteiger charge is 1.77. The van der Waals surface area contributed by atoms with Gasteiger partial charge in [-0.15, -0.1) is 0 Å². The van der Waals surface area contributed by atoms with Crippen molar-refractivity contribution in [2.24, 2.45) is 0 Å². The average molecular weight is 190 g/mol. The van der Waals surface area contributed by atoms with E-state index in [0.717, 1.165) is 10.2 Å². The van der Waals surface area contributed by atoms with Crippen molar-refractivity contribution in [3.8, 4) is 0 Å². The summed E-state index contributed by atoms with van der Waals surface area (Å²) in [6, 6.07) is 0. The summed E-state index contributed by atoms with van der Waals surface area (Å²) < 4.78 is 1.14. The van der Waals surface area contributed by atoms with Gasteiger partial charge in [-0.3, -0.25) is 0 Å². The van der Waals surface area contributed by atoms with Crippen molar-refractivity contribution in [3.63, 3.8) is 0 Å². The van der Waals surface area contributed by atoms with Crippen molar-refractivity contribution in [2.75, 3.05) is 7.05 Å². The Balaban J connectivity index is 3.83. The van der Waals surface area contributed by atoms with Gasteiger partial charge in [-0.25, -0.2) is 0 Å². The van der Waals surface area contributed by atoms with Gasteiger partial charge in [0, 0.05) is 12.7 Å². The summed E-state index contributed by atoms with van der Waals surface area (Å²) in [6.07, 6.45) is 4.02. The summed E-state index contributed by atoms with van der Waals surface area (Å²) >= 11 is 3.32. The fourth-order valence-electron chi connectivity index (χ4n) is 0.323. The summed E-state index contributed by atoms with van der Waals surface area (Å²) in [7, 11) is 1.91. The van der Waals surface area contributed by atoms with Crippen molar-refractivity contribution in [2.45, 2.75) is 13.8 Å². The molecule has 1 nitrogen and oxygen atoms in total. The zero-order valence-electron chi connectivity index (χ0n) is 6.03. The Morgan fingerprint density at radius 1 is 1.33 bits per heavy atom. The molecule has 0 rings (SSSR count). The first-order chi connectivity index (χ1) is 4.16. The molecule has 0 saturated heterocycles. The van der Waals surface area contributed by atoms with Crippen LogP contribution >= 0.6 is 15.9 Å². The minimum atomic E-state index is 1.14. The third-order valence-electron chi connectivity index (χ3n) is 0.957. The summed E-state index contributed by atoms with van der Waals surface area (Å²) in [5, 5.41) is 3.02. The molecule has 1 N–H and O–H groups in total. The molecule has 0 atom stereocenters. The fraction of sp³-hybridized carbons (Fsp3) is 0.429. The molecule has 0 aliphatic heterocycles. The van der Waals surface area contributed by atoms with Gasteiger partial charge in [0.05, 0.1) is 0 Å². The van der Waals surface area contributed by atoms with Gasteiger partial charge in [-0.05, 0) is 24.4 Å². The molecule has 9 heavy (non-hydrogen) atoms. The lowest BCUT2D eigenvalue weighted by molar-refractivity contribution is 0.990. The summed E-state index contributed by atoms with van der Waals surface area (Å²) in [5.74, 6) is 0. The lowest BCUT2D eigenvalue weighted by Crippen LogP contribution is -2.00. The Hall–Kier alpha value is -0.240. The summed E-state index contributed by atoms with van der Waals surface area (Å²) in [4.78, 5) is 0. The van der Waals surface area contributed by atoms with Crippen LogP contribution in [0.5, 0.6) is 0 Å². The third-order valence-corrected chi connectivity index (χ3v) is 1.22. The minimum absolute atomic E-state index is 1.14.